The number of fused-ring (bicyclic) bond motifs is 8. The van der Waals surface area contributed by atoms with E-state index in [1.165, 1.54) is 122 Å². The van der Waals surface area contributed by atoms with E-state index in [0.29, 0.717) is 0 Å². The van der Waals surface area contributed by atoms with Crippen LogP contribution in [-0.4, -0.2) is 8.80 Å². The summed E-state index contributed by atoms with van der Waals surface area (Å²) in [5.74, 6) is 2.09. The van der Waals surface area contributed by atoms with Crippen LogP contribution >= 0.6 is 0 Å². The van der Waals surface area contributed by atoms with Crippen LogP contribution in [0.4, 0.5) is 68.2 Å². The van der Waals surface area contributed by atoms with Gasteiger partial charge in [-0.2, -0.15) is 0 Å². The number of anilines is 12. The van der Waals surface area contributed by atoms with Crippen LogP contribution in [0.15, 0.2) is 206 Å². The van der Waals surface area contributed by atoms with E-state index in [4.69, 9.17) is 4.74 Å². The average Bonchev–Trinajstić information content (AvgIpc) is 1.67. The number of nitrogens with zero attached hydrogens (tertiary/aromatic N) is 4. The summed E-state index contributed by atoms with van der Waals surface area (Å²) in [5.41, 5.74) is 32.0. The zero-order chi connectivity index (χ0) is 58.1. The van der Waals surface area contributed by atoms with Gasteiger partial charge in [-0.25, -0.2) is 0 Å². The van der Waals surface area contributed by atoms with Crippen molar-refractivity contribution >= 4 is 92.6 Å². The van der Waals surface area contributed by atoms with E-state index in [2.05, 4.69) is 302 Å². The smallest absolute Gasteiger partial charge is 0.153 e. The Hall–Kier alpha value is -9.36. The molecule has 5 aliphatic rings. The summed E-state index contributed by atoms with van der Waals surface area (Å²) in [6, 6.07) is 78.7. The summed E-state index contributed by atoms with van der Waals surface area (Å²) in [4.78, 5) is 10.0. The monoisotopic (exact) mass is 1120 g/mol. The van der Waals surface area contributed by atoms with Gasteiger partial charge in [-0.05, 0) is 214 Å². The molecular formula is C79H68N4OSi. The van der Waals surface area contributed by atoms with E-state index in [1.54, 1.807) is 0 Å². The SMILES string of the molecule is Cc1ccc(N(c2ccc(C)cc2)c2ccc3c(c2)C(C)(C)c2c-3cc3c4c2Oc2c5c(cc6c2C(C)(C)c2cc(N(c7ccc(C)cc7)c7ccc(C)cc7)ccc2-6)N(c2ccc(C)cc2)c2cc(C)cc(c2[SiH]45)N3c2ccc(C)cc2)cc1. The molecule has 2 aliphatic carbocycles. The molecule has 0 amide bonds. The van der Waals surface area contributed by atoms with Crippen molar-refractivity contribution in [2.24, 2.45) is 0 Å². The highest BCUT2D eigenvalue weighted by molar-refractivity contribution is 7.01. The summed E-state index contributed by atoms with van der Waals surface area (Å²) in [6.45, 7) is 25.1. The number of rotatable bonds is 8. The van der Waals surface area contributed by atoms with Gasteiger partial charge < -0.3 is 24.3 Å². The number of hydrogen-bond acceptors (Lipinski definition) is 5. The molecule has 11 aromatic rings. The van der Waals surface area contributed by atoms with Gasteiger partial charge in [-0.3, -0.25) is 0 Å². The van der Waals surface area contributed by atoms with E-state index in [1.807, 2.05) is 0 Å². The zero-order valence-corrected chi connectivity index (χ0v) is 51.6. The summed E-state index contributed by atoms with van der Waals surface area (Å²) < 4.78 is 8.34. The lowest BCUT2D eigenvalue weighted by molar-refractivity contribution is 0.454. The largest absolute Gasteiger partial charge is 0.457 e. The molecule has 11 aromatic carbocycles. The number of benzene rings is 11. The quantitative estimate of drug-likeness (QED) is 0.141. The summed E-state index contributed by atoms with van der Waals surface area (Å²) in [7, 11) is -2.42. The first-order valence-electron chi connectivity index (χ1n) is 30.2. The van der Waals surface area contributed by atoms with Crippen LogP contribution in [0.3, 0.4) is 0 Å². The van der Waals surface area contributed by atoms with Crippen LogP contribution in [0.25, 0.3) is 22.3 Å². The van der Waals surface area contributed by atoms with Crippen molar-refractivity contribution in [2.75, 3.05) is 19.6 Å². The molecule has 0 saturated carbocycles. The first-order chi connectivity index (χ1) is 41.0. The topological polar surface area (TPSA) is 22.2 Å². The highest BCUT2D eigenvalue weighted by Gasteiger charge is 2.54. The summed E-state index contributed by atoms with van der Waals surface area (Å²) >= 11 is 0. The fourth-order valence-corrected chi connectivity index (χ4v) is 18.9. The van der Waals surface area contributed by atoms with Gasteiger partial charge in [-0.1, -0.05) is 146 Å². The van der Waals surface area contributed by atoms with E-state index in [0.717, 1.165) is 57.0 Å². The van der Waals surface area contributed by atoms with Crippen LogP contribution in [0.2, 0.25) is 0 Å². The maximum atomic E-state index is 8.34. The van der Waals surface area contributed by atoms with Crippen LogP contribution in [0, 0.1) is 48.5 Å². The second-order valence-electron chi connectivity index (χ2n) is 25.9. The van der Waals surface area contributed by atoms with Crippen molar-refractivity contribution in [3.05, 3.63) is 267 Å². The molecule has 0 unspecified atom stereocenters. The maximum Gasteiger partial charge on any atom is 0.153 e. The number of aryl methyl sites for hydroxylation is 7. The van der Waals surface area contributed by atoms with E-state index in [9.17, 15) is 0 Å². The third-order valence-electron chi connectivity index (χ3n) is 19.4. The molecule has 0 N–H and O–H groups in total. The van der Waals surface area contributed by atoms with Crippen molar-refractivity contribution in [3.8, 4) is 33.8 Å². The molecule has 0 radical (unpaired) electrons. The van der Waals surface area contributed by atoms with Gasteiger partial charge in [0.1, 0.15) is 11.5 Å². The average molecular weight is 1120 g/mol. The lowest BCUT2D eigenvalue weighted by Crippen LogP contribution is -2.64. The van der Waals surface area contributed by atoms with Crippen molar-refractivity contribution in [3.63, 3.8) is 0 Å². The molecule has 85 heavy (non-hydrogen) atoms. The number of hydrogen-bond donors (Lipinski definition) is 0. The Bertz CT molecular complexity index is 4230. The number of ether oxygens (including phenoxy) is 1. The predicted octanol–water partition coefficient (Wildman–Crippen LogP) is 19.3. The van der Waals surface area contributed by atoms with Crippen LogP contribution in [0.5, 0.6) is 11.5 Å². The normalized spacial score (nSPS) is 14.7. The molecule has 3 heterocycles. The van der Waals surface area contributed by atoms with Gasteiger partial charge >= 0.3 is 0 Å². The van der Waals surface area contributed by atoms with Crippen molar-refractivity contribution in [1.82, 2.24) is 0 Å². The minimum Gasteiger partial charge on any atom is -0.457 e. The van der Waals surface area contributed by atoms with Crippen molar-refractivity contribution < 1.29 is 4.74 Å². The Morgan fingerprint density at radius 3 is 0.929 bits per heavy atom. The van der Waals surface area contributed by atoms with Gasteiger partial charge in [0.25, 0.3) is 0 Å². The van der Waals surface area contributed by atoms with Crippen LogP contribution in [0.1, 0.15) is 88.9 Å². The molecule has 0 atom stereocenters. The second kappa shape index (κ2) is 18.3. The molecule has 0 aromatic heterocycles. The van der Waals surface area contributed by atoms with Crippen LogP contribution in [-0.2, 0) is 10.8 Å². The molecule has 3 aliphatic heterocycles. The zero-order valence-electron chi connectivity index (χ0n) is 50.4. The van der Waals surface area contributed by atoms with Gasteiger partial charge in [0.2, 0.25) is 0 Å². The molecule has 0 saturated heterocycles. The lowest BCUT2D eigenvalue weighted by Gasteiger charge is -2.48. The Morgan fingerprint density at radius 2 is 0.600 bits per heavy atom. The molecular weight excluding hydrogens is 1050 g/mol. The first-order valence-corrected chi connectivity index (χ1v) is 31.9. The first kappa shape index (κ1) is 51.3. The third-order valence-corrected chi connectivity index (χ3v) is 22.8. The highest BCUT2D eigenvalue weighted by Crippen LogP contribution is 2.62. The molecule has 414 valence electrons. The Labute approximate surface area is 502 Å². The highest BCUT2D eigenvalue weighted by atomic mass is 28.3. The van der Waals surface area contributed by atoms with Gasteiger partial charge in [-0.15, -0.1) is 0 Å². The molecule has 5 nitrogen and oxygen atoms in total. The standard InChI is InChI=1S/C79H68N4OSi/c1-46-12-24-53(25-13-46)80(54-26-14-47(2)15-27-54)59-36-38-61-63-44-69-76-73(71(63)78(8,9)65(61)42-59)84-74-72-64(62-39-37-60(43-66(62)79(72,10)11)81(55-28-16-48(3)17-29-55)56-30-18-49(4)19-31-56)45-70-77(74)85(76)75-67(82(69)57-32-20-50(5)21-33-57)40-52(7)41-68(75)83(70)58-34-22-51(6)23-35-58/h12-45,85H,1-11H3. The summed E-state index contributed by atoms with van der Waals surface area (Å²) in [5, 5.41) is 4.19. The van der Waals surface area contributed by atoms with E-state index >= 15 is 0 Å². The lowest BCUT2D eigenvalue weighted by atomic mass is 9.80. The van der Waals surface area contributed by atoms with E-state index < -0.39 is 19.6 Å². The van der Waals surface area contributed by atoms with E-state index in [-0.39, 0.29) is 0 Å². The fourth-order valence-electron chi connectivity index (χ4n) is 15.1. The van der Waals surface area contributed by atoms with Crippen molar-refractivity contribution in [1.29, 1.82) is 0 Å². The van der Waals surface area contributed by atoms with Crippen LogP contribution < -0.4 is 39.9 Å². The van der Waals surface area contributed by atoms with Gasteiger partial charge in [0, 0.05) is 89.2 Å². The minimum atomic E-state index is -2.42. The summed E-state index contributed by atoms with van der Waals surface area (Å²) in [6.07, 6.45) is 0. The predicted molar refractivity (Wildman–Crippen MR) is 360 cm³/mol. The van der Waals surface area contributed by atoms with Gasteiger partial charge in [0.05, 0.1) is 11.4 Å². The third kappa shape index (κ3) is 7.53. The molecule has 6 heteroatoms. The Morgan fingerprint density at radius 1 is 0.306 bits per heavy atom. The maximum absolute atomic E-state index is 8.34. The molecule has 0 fully saturated rings. The molecule has 0 spiro atoms. The van der Waals surface area contributed by atoms with Gasteiger partial charge in [0.15, 0.2) is 8.80 Å². The fraction of sp³-hybridized carbons (Fsp3) is 0.165. The molecule has 16 rings (SSSR count). The molecule has 0 bridgehead atoms. The minimum absolute atomic E-state index is 0.444. The second-order valence-corrected chi connectivity index (χ2v) is 28.5. The Balaban J connectivity index is 0.961. The van der Waals surface area contributed by atoms with Crippen molar-refractivity contribution in [2.45, 2.75) is 87.0 Å². The Kier molecular flexibility index (Phi) is 11.1.